The Kier molecular flexibility index (Phi) is 7.92. The van der Waals surface area contributed by atoms with Crippen LogP contribution in [0.25, 0.3) is 0 Å². The number of rotatable bonds is 7. The minimum atomic E-state index is -0.466. The lowest BCUT2D eigenvalue weighted by atomic mass is 10.0. The first-order valence-electron chi connectivity index (χ1n) is 6.12. The first-order valence-corrected chi connectivity index (χ1v) is 6.12. The van der Waals surface area contributed by atoms with Gasteiger partial charge in [0.25, 0.3) is 0 Å². The Hall–Kier alpha value is -1.45. The van der Waals surface area contributed by atoms with Crippen LogP contribution in [0.3, 0.4) is 0 Å². The number of hydrogen-bond acceptors (Lipinski definition) is 2. The molecule has 0 aromatic rings. The molecule has 0 aliphatic heterocycles. The van der Waals surface area contributed by atoms with Crippen LogP contribution in [-0.4, -0.2) is 17.7 Å². The van der Waals surface area contributed by atoms with E-state index in [4.69, 9.17) is 0 Å². The maximum Gasteiger partial charge on any atom is 0.246 e. The highest BCUT2D eigenvalue weighted by molar-refractivity contribution is 5.90. The fourth-order valence-corrected chi connectivity index (χ4v) is 1.68. The molecule has 0 heterocycles. The lowest BCUT2D eigenvalue weighted by Crippen LogP contribution is -2.31. The molecule has 0 aliphatic rings. The quantitative estimate of drug-likeness (QED) is 0.711. The van der Waals surface area contributed by atoms with Gasteiger partial charge in [0.1, 0.15) is 0 Å². The van der Waals surface area contributed by atoms with Crippen molar-refractivity contribution in [2.24, 2.45) is 5.92 Å². The third kappa shape index (κ3) is 8.67. The zero-order valence-corrected chi connectivity index (χ0v) is 11.5. The van der Waals surface area contributed by atoms with E-state index in [0.29, 0.717) is 18.8 Å². The summed E-state index contributed by atoms with van der Waals surface area (Å²) in [6.07, 6.45) is 3.77. The van der Waals surface area contributed by atoms with Gasteiger partial charge >= 0.3 is 0 Å². The summed E-state index contributed by atoms with van der Waals surface area (Å²) >= 11 is 0. The number of carbonyl (C=O) groups is 2. The average molecular weight is 255 g/mol. The molecule has 0 fully saturated rings. The highest BCUT2D eigenvalue weighted by Gasteiger charge is 2.07. The summed E-state index contributed by atoms with van der Waals surface area (Å²) in [6, 6.07) is -0.128. The number of carbonyl (C=O) groups excluding carboxylic acids is 2. The van der Waals surface area contributed by atoms with E-state index in [1.54, 1.807) is 6.08 Å². The SMILES string of the molecule is C/C(=C\C(=O)CC(C)C)CC(C)NC(=O)/C=C/F. The van der Waals surface area contributed by atoms with Crippen molar-refractivity contribution >= 4 is 11.7 Å². The number of hydrogen-bond donors (Lipinski definition) is 1. The standard InChI is InChI=1S/C14H22FNO2/c1-10(2)7-13(17)9-11(3)8-12(4)16-14(18)5-6-15/h5-6,9-10,12H,7-8H2,1-4H3,(H,16,18)/b6-5+,11-9+. The number of ketones is 1. The Morgan fingerprint density at radius 3 is 2.33 bits per heavy atom. The minimum absolute atomic E-state index is 0.102. The molecule has 0 saturated heterocycles. The number of halogens is 1. The molecule has 4 heteroatoms. The molecule has 0 bridgehead atoms. The molecule has 1 amide bonds. The molecule has 1 N–H and O–H groups in total. The molecular formula is C14H22FNO2. The second-order valence-electron chi connectivity index (χ2n) is 4.96. The van der Waals surface area contributed by atoms with Gasteiger partial charge in [-0.2, -0.15) is 0 Å². The van der Waals surface area contributed by atoms with Crippen molar-refractivity contribution in [3.8, 4) is 0 Å². The van der Waals surface area contributed by atoms with E-state index >= 15 is 0 Å². The highest BCUT2D eigenvalue weighted by Crippen LogP contribution is 2.08. The Balaban J connectivity index is 4.21. The Morgan fingerprint density at radius 2 is 1.83 bits per heavy atom. The van der Waals surface area contributed by atoms with Gasteiger partial charge in [-0.25, -0.2) is 4.39 Å². The van der Waals surface area contributed by atoms with E-state index in [-0.39, 0.29) is 18.2 Å². The van der Waals surface area contributed by atoms with E-state index in [1.807, 2.05) is 27.7 Å². The van der Waals surface area contributed by atoms with Crippen LogP contribution in [0.15, 0.2) is 24.1 Å². The van der Waals surface area contributed by atoms with E-state index in [2.05, 4.69) is 5.32 Å². The van der Waals surface area contributed by atoms with Crippen LogP contribution in [0.5, 0.6) is 0 Å². The van der Waals surface area contributed by atoms with Gasteiger partial charge in [0, 0.05) is 18.5 Å². The van der Waals surface area contributed by atoms with Crippen molar-refractivity contribution in [1.29, 1.82) is 0 Å². The van der Waals surface area contributed by atoms with Crippen LogP contribution >= 0.6 is 0 Å². The third-order valence-corrected chi connectivity index (χ3v) is 2.25. The molecule has 0 radical (unpaired) electrons. The second-order valence-corrected chi connectivity index (χ2v) is 4.96. The van der Waals surface area contributed by atoms with Crippen LogP contribution in [0, 0.1) is 5.92 Å². The summed E-state index contributed by atoms with van der Waals surface area (Å²) in [5, 5.41) is 2.61. The van der Waals surface area contributed by atoms with Gasteiger partial charge in [-0.15, -0.1) is 0 Å². The summed E-state index contributed by atoms with van der Waals surface area (Å²) in [5.41, 5.74) is 0.915. The fourth-order valence-electron chi connectivity index (χ4n) is 1.68. The van der Waals surface area contributed by atoms with Crippen molar-refractivity contribution in [1.82, 2.24) is 5.32 Å². The lowest BCUT2D eigenvalue weighted by molar-refractivity contribution is -0.117. The number of nitrogens with one attached hydrogen (secondary N) is 1. The number of amides is 1. The third-order valence-electron chi connectivity index (χ3n) is 2.25. The van der Waals surface area contributed by atoms with Gasteiger partial charge in [0.2, 0.25) is 5.91 Å². The van der Waals surface area contributed by atoms with E-state index in [1.165, 1.54) is 0 Å². The zero-order valence-electron chi connectivity index (χ0n) is 11.5. The first-order chi connectivity index (χ1) is 8.35. The molecule has 18 heavy (non-hydrogen) atoms. The molecule has 102 valence electrons. The highest BCUT2D eigenvalue weighted by atomic mass is 19.1. The summed E-state index contributed by atoms with van der Waals surface area (Å²) in [4.78, 5) is 22.6. The molecule has 0 aliphatic carbocycles. The molecular weight excluding hydrogens is 233 g/mol. The first kappa shape index (κ1) is 16.6. The maximum atomic E-state index is 11.8. The second kappa shape index (κ2) is 8.61. The normalized spacial score (nSPS) is 14.0. The van der Waals surface area contributed by atoms with Crippen molar-refractivity contribution in [3.05, 3.63) is 24.1 Å². The van der Waals surface area contributed by atoms with E-state index < -0.39 is 5.91 Å². The average Bonchev–Trinajstić information content (AvgIpc) is 2.14. The summed E-state index contributed by atoms with van der Waals surface area (Å²) in [5.74, 6) is -0.0237. The topological polar surface area (TPSA) is 46.2 Å². The minimum Gasteiger partial charge on any atom is -0.350 e. The van der Waals surface area contributed by atoms with Crippen molar-refractivity contribution in [2.45, 2.75) is 46.6 Å². The van der Waals surface area contributed by atoms with Crippen LogP contribution in [0.1, 0.15) is 40.5 Å². The van der Waals surface area contributed by atoms with E-state index in [0.717, 1.165) is 11.6 Å². The van der Waals surface area contributed by atoms with Crippen molar-refractivity contribution in [3.63, 3.8) is 0 Å². The lowest BCUT2D eigenvalue weighted by Gasteiger charge is -2.12. The predicted octanol–water partition coefficient (Wildman–Crippen LogP) is 2.93. The van der Waals surface area contributed by atoms with Gasteiger partial charge in [0.15, 0.2) is 5.78 Å². The summed E-state index contributed by atoms with van der Waals surface area (Å²) < 4.78 is 11.8. The fraction of sp³-hybridized carbons (Fsp3) is 0.571. The van der Waals surface area contributed by atoms with Crippen LogP contribution in [0.4, 0.5) is 4.39 Å². The summed E-state index contributed by atoms with van der Waals surface area (Å²) in [7, 11) is 0. The maximum absolute atomic E-state index is 11.8. The molecule has 0 aromatic heterocycles. The molecule has 0 spiro atoms. The Bertz CT molecular complexity index is 346. The largest absolute Gasteiger partial charge is 0.350 e. The predicted molar refractivity (Wildman–Crippen MR) is 70.7 cm³/mol. The molecule has 0 rings (SSSR count). The molecule has 0 saturated carbocycles. The van der Waals surface area contributed by atoms with Gasteiger partial charge in [0.05, 0.1) is 6.33 Å². The van der Waals surface area contributed by atoms with Gasteiger partial charge in [-0.05, 0) is 32.3 Å². The molecule has 1 unspecified atom stereocenters. The molecule has 3 nitrogen and oxygen atoms in total. The Labute approximate surface area is 108 Å². The molecule has 0 aromatic carbocycles. The van der Waals surface area contributed by atoms with Gasteiger partial charge < -0.3 is 5.32 Å². The summed E-state index contributed by atoms with van der Waals surface area (Å²) in [6.45, 7) is 7.65. The van der Waals surface area contributed by atoms with E-state index in [9.17, 15) is 14.0 Å². The van der Waals surface area contributed by atoms with Gasteiger partial charge in [-0.1, -0.05) is 19.4 Å². The van der Waals surface area contributed by atoms with Crippen molar-refractivity contribution < 1.29 is 14.0 Å². The number of allylic oxidation sites excluding steroid dienone is 1. The smallest absolute Gasteiger partial charge is 0.246 e. The monoisotopic (exact) mass is 255 g/mol. The zero-order chi connectivity index (χ0) is 14.1. The van der Waals surface area contributed by atoms with Crippen molar-refractivity contribution in [2.75, 3.05) is 0 Å². The van der Waals surface area contributed by atoms with Crippen LogP contribution in [0.2, 0.25) is 0 Å². The molecule has 1 atom stereocenters. The van der Waals surface area contributed by atoms with Crippen LogP contribution in [-0.2, 0) is 9.59 Å². The Morgan fingerprint density at radius 1 is 1.22 bits per heavy atom. The van der Waals surface area contributed by atoms with Crippen LogP contribution < -0.4 is 5.32 Å². The van der Waals surface area contributed by atoms with Gasteiger partial charge in [-0.3, -0.25) is 9.59 Å².